The number of rotatable bonds is 5. The number of benzene rings is 2. The van der Waals surface area contributed by atoms with Gasteiger partial charge in [0.25, 0.3) is 11.8 Å². The van der Waals surface area contributed by atoms with Gasteiger partial charge in [0.2, 0.25) is 0 Å². The maximum Gasteiger partial charge on any atom is 0.322 e. The molecule has 0 bridgehead atoms. The molecule has 0 aliphatic carbocycles. The molecule has 0 atom stereocenters. The lowest BCUT2D eigenvalue weighted by Crippen LogP contribution is -2.11. The van der Waals surface area contributed by atoms with Crippen LogP contribution in [0, 0.1) is 0 Å². The van der Waals surface area contributed by atoms with E-state index < -0.39 is 0 Å². The molecule has 2 heterocycles. The highest BCUT2D eigenvalue weighted by Crippen LogP contribution is 2.22. The third-order valence-electron chi connectivity index (χ3n) is 3.78. The first-order valence-corrected chi connectivity index (χ1v) is 8.15. The zero-order valence-corrected chi connectivity index (χ0v) is 14.4. The highest BCUT2D eigenvalue weighted by atomic mass is 16.5. The number of para-hydroxylation sites is 1. The zero-order valence-electron chi connectivity index (χ0n) is 14.4. The summed E-state index contributed by atoms with van der Waals surface area (Å²) < 4.78 is 12.8. The predicted octanol–water partition coefficient (Wildman–Crippen LogP) is 3.51. The van der Waals surface area contributed by atoms with Crippen LogP contribution in [0.2, 0.25) is 0 Å². The van der Waals surface area contributed by atoms with Gasteiger partial charge in [-0.2, -0.15) is 5.10 Å². The van der Waals surface area contributed by atoms with Gasteiger partial charge in [-0.3, -0.25) is 14.8 Å². The third kappa shape index (κ3) is 3.69. The number of carbonyl (C=O) groups is 1. The summed E-state index contributed by atoms with van der Waals surface area (Å²) in [4.78, 5) is 12.3. The van der Waals surface area contributed by atoms with Crippen molar-refractivity contribution in [3.05, 3.63) is 72.4 Å². The van der Waals surface area contributed by atoms with E-state index in [9.17, 15) is 4.79 Å². The molecule has 134 valence electrons. The van der Waals surface area contributed by atoms with Crippen molar-refractivity contribution < 1.29 is 13.9 Å². The minimum Gasteiger partial charge on any atom is -0.457 e. The first kappa shape index (κ1) is 16.5. The fourth-order valence-electron chi connectivity index (χ4n) is 2.43. The summed E-state index contributed by atoms with van der Waals surface area (Å²) in [5.41, 5.74) is 1.10. The molecule has 0 fully saturated rings. The Labute approximate surface area is 154 Å². The largest absolute Gasteiger partial charge is 0.457 e. The topological polar surface area (TPSA) is 95.1 Å². The second-order valence-corrected chi connectivity index (χ2v) is 5.65. The molecule has 0 aliphatic rings. The Morgan fingerprint density at radius 1 is 1.00 bits per heavy atom. The summed E-state index contributed by atoms with van der Waals surface area (Å²) in [6.45, 7) is 0. The maximum atomic E-state index is 12.3. The molecule has 0 radical (unpaired) electrons. The molecule has 0 aliphatic heterocycles. The summed E-state index contributed by atoms with van der Waals surface area (Å²) in [6.07, 6.45) is 1.62. The van der Waals surface area contributed by atoms with Crippen LogP contribution in [0.15, 0.2) is 71.3 Å². The number of aryl methyl sites for hydroxylation is 1. The summed E-state index contributed by atoms with van der Waals surface area (Å²) in [5, 5.41) is 14.4. The van der Waals surface area contributed by atoms with Gasteiger partial charge in [0.05, 0.1) is 0 Å². The van der Waals surface area contributed by atoms with Crippen molar-refractivity contribution >= 4 is 11.9 Å². The van der Waals surface area contributed by atoms with Crippen LogP contribution in [0.1, 0.15) is 10.4 Å². The van der Waals surface area contributed by atoms with Crippen LogP contribution < -0.4 is 10.1 Å². The van der Waals surface area contributed by atoms with E-state index in [-0.39, 0.29) is 17.8 Å². The quantitative estimate of drug-likeness (QED) is 0.584. The molecule has 1 N–H and O–H groups in total. The Morgan fingerprint density at radius 3 is 2.44 bits per heavy atom. The number of hydrogen-bond acceptors (Lipinski definition) is 6. The molecule has 2 aromatic carbocycles. The molecular formula is C19H15N5O3. The van der Waals surface area contributed by atoms with Gasteiger partial charge in [-0.1, -0.05) is 23.3 Å². The molecule has 27 heavy (non-hydrogen) atoms. The van der Waals surface area contributed by atoms with E-state index in [1.54, 1.807) is 48.3 Å². The lowest BCUT2D eigenvalue weighted by Gasteiger charge is -2.06. The lowest BCUT2D eigenvalue weighted by molar-refractivity contribution is 0.102. The Bertz CT molecular complexity index is 1050. The van der Waals surface area contributed by atoms with E-state index in [1.165, 1.54) is 0 Å². The van der Waals surface area contributed by atoms with Gasteiger partial charge in [0, 0.05) is 18.8 Å². The molecule has 8 nitrogen and oxygen atoms in total. The first-order chi connectivity index (χ1) is 13.2. The molecule has 0 unspecified atom stereocenters. The fourth-order valence-corrected chi connectivity index (χ4v) is 2.43. The van der Waals surface area contributed by atoms with Crippen LogP contribution >= 0.6 is 0 Å². The van der Waals surface area contributed by atoms with Gasteiger partial charge in [-0.25, -0.2) is 0 Å². The van der Waals surface area contributed by atoms with E-state index in [2.05, 4.69) is 20.6 Å². The van der Waals surface area contributed by atoms with E-state index >= 15 is 0 Å². The Hall–Kier alpha value is -3.94. The third-order valence-corrected chi connectivity index (χ3v) is 3.78. The summed E-state index contributed by atoms with van der Waals surface area (Å²) in [5.74, 6) is 1.27. The number of anilines is 1. The molecule has 4 aromatic rings. The highest BCUT2D eigenvalue weighted by Gasteiger charge is 2.14. The van der Waals surface area contributed by atoms with Crippen molar-refractivity contribution in [2.45, 2.75) is 0 Å². The number of nitrogens with zero attached hydrogens (tertiary/aromatic N) is 4. The molecule has 8 heteroatoms. The van der Waals surface area contributed by atoms with Crippen LogP contribution in [0.4, 0.5) is 6.01 Å². The molecular weight excluding hydrogens is 346 g/mol. The van der Waals surface area contributed by atoms with Crippen molar-refractivity contribution in [3.63, 3.8) is 0 Å². The van der Waals surface area contributed by atoms with E-state index in [0.29, 0.717) is 17.0 Å². The molecule has 4 rings (SSSR count). The number of ether oxygens (including phenoxy) is 1. The zero-order chi connectivity index (χ0) is 18.6. The summed E-state index contributed by atoms with van der Waals surface area (Å²) in [7, 11) is 1.76. The van der Waals surface area contributed by atoms with Crippen LogP contribution in [-0.4, -0.2) is 25.9 Å². The van der Waals surface area contributed by atoms with Crippen molar-refractivity contribution in [2.24, 2.45) is 7.05 Å². The Kier molecular flexibility index (Phi) is 4.36. The fraction of sp³-hybridized carbons (Fsp3) is 0.0526. The van der Waals surface area contributed by atoms with Crippen molar-refractivity contribution in [3.8, 4) is 23.1 Å². The number of nitrogens with one attached hydrogen (secondary N) is 1. The number of aromatic nitrogens is 4. The number of amides is 1. The van der Waals surface area contributed by atoms with Gasteiger partial charge in [-0.05, 0) is 42.5 Å². The van der Waals surface area contributed by atoms with Crippen LogP contribution in [0.3, 0.4) is 0 Å². The van der Waals surface area contributed by atoms with Gasteiger partial charge in [0.15, 0.2) is 0 Å². The molecule has 0 saturated carbocycles. The van der Waals surface area contributed by atoms with E-state index in [4.69, 9.17) is 9.15 Å². The van der Waals surface area contributed by atoms with Gasteiger partial charge in [0.1, 0.15) is 17.2 Å². The average Bonchev–Trinajstić information content (AvgIpc) is 3.32. The smallest absolute Gasteiger partial charge is 0.322 e. The molecule has 0 saturated heterocycles. The minimum atomic E-state index is -0.360. The van der Waals surface area contributed by atoms with E-state index in [0.717, 1.165) is 5.75 Å². The standard InChI is InChI=1S/C19H15N5O3/c1-24-16(11-12-20-24)18-22-23-19(27-18)21-17(25)13-7-9-15(10-8-13)26-14-5-3-2-4-6-14/h2-12H,1H3,(H,21,23,25). The van der Waals surface area contributed by atoms with Crippen molar-refractivity contribution in [2.75, 3.05) is 5.32 Å². The normalized spacial score (nSPS) is 10.6. The molecule has 1 amide bonds. The highest BCUT2D eigenvalue weighted by molar-refractivity contribution is 6.03. The van der Waals surface area contributed by atoms with Crippen molar-refractivity contribution in [1.82, 2.24) is 20.0 Å². The van der Waals surface area contributed by atoms with E-state index in [1.807, 2.05) is 30.3 Å². The predicted molar refractivity (Wildman–Crippen MR) is 97.4 cm³/mol. The Morgan fingerprint density at radius 2 is 1.74 bits per heavy atom. The molecule has 0 spiro atoms. The SMILES string of the molecule is Cn1nccc1-c1nnc(NC(=O)c2ccc(Oc3ccccc3)cc2)o1. The monoisotopic (exact) mass is 361 g/mol. The van der Waals surface area contributed by atoms with Crippen molar-refractivity contribution in [1.29, 1.82) is 0 Å². The van der Waals surface area contributed by atoms with Gasteiger partial charge < -0.3 is 9.15 Å². The first-order valence-electron chi connectivity index (χ1n) is 8.15. The average molecular weight is 361 g/mol. The number of carbonyl (C=O) groups excluding carboxylic acids is 1. The van der Waals surface area contributed by atoms with Crippen LogP contribution in [0.25, 0.3) is 11.6 Å². The van der Waals surface area contributed by atoms with Gasteiger partial charge >= 0.3 is 6.01 Å². The summed E-state index contributed by atoms with van der Waals surface area (Å²) in [6, 6.07) is 17.9. The minimum absolute atomic E-state index is 0.0146. The Balaban J connectivity index is 1.43. The second kappa shape index (κ2) is 7.12. The van der Waals surface area contributed by atoms with Crippen LogP contribution in [-0.2, 0) is 7.05 Å². The number of hydrogen-bond donors (Lipinski definition) is 1. The van der Waals surface area contributed by atoms with Crippen LogP contribution in [0.5, 0.6) is 11.5 Å². The summed E-state index contributed by atoms with van der Waals surface area (Å²) >= 11 is 0. The molecule has 2 aromatic heterocycles. The second-order valence-electron chi connectivity index (χ2n) is 5.65. The lowest BCUT2D eigenvalue weighted by atomic mass is 10.2. The maximum absolute atomic E-state index is 12.3. The van der Waals surface area contributed by atoms with Gasteiger partial charge in [-0.15, -0.1) is 5.10 Å².